The maximum absolute atomic E-state index is 9.15. The zero-order valence-electron chi connectivity index (χ0n) is 8.33. The van der Waals surface area contributed by atoms with Gasteiger partial charge in [-0.15, -0.1) is 11.3 Å². The third-order valence-corrected chi connectivity index (χ3v) is 3.26. The normalized spacial score (nSPS) is 13.2. The highest BCUT2D eigenvalue weighted by Gasteiger charge is 2.11. The van der Waals surface area contributed by atoms with Gasteiger partial charge in [-0.2, -0.15) is 0 Å². The number of hydrogen-bond donors (Lipinski definition) is 2. The number of aliphatic hydroxyl groups is 1. The van der Waals surface area contributed by atoms with Crippen molar-refractivity contribution in [1.29, 1.82) is 0 Å². The first kappa shape index (κ1) is 11.9. The zero-order valence-corrected chi connectivity index (χ0v) is 10.7. The van der Waals surface area contributed by atoms with Gasteiger partial charge >= 0.3 is 0 Å². The summed E-state index contributed by atoms with van der Waals surface area (Å²) in [5.74, 6) is 0.572. The highest BCUT2D eigenvalue weighted by Crippen LogP contribution is 2.21. The summed E-state index contributed by atoms with van der Waals surface area (Å²) in [5.41, 5.74) is 0. The molecule has 0 fully saturated rings. The van der Waals surface area contributed by atoms with E-state index < -0.39 is 0 Å². The van der Waals surface area contributed by atoms with Crippen molar-refractivity contribution in [3.63, 3.8) is 0 Å². The summed E-state index contributed by atoms with van der Waals surface area (Å²) in [7, 11) is 0. The van der Waals surface area contributed by atoms with Crippen molar-refractivity contribution in [1.82, 2.24) is 4.98 Å². The SMILES string of the molecule is CC(C)CC(CO)Nc1nc(Br)cs1. The van der Waals surface area contributed by atoms with E-state index in [1.807, 2.05) is 5.38 Å². The molecule has 0 spiro atoms. The van der Waals surface area contributed by atoms with Crippen LogP contribution in [0.25, 0.3) is 0 Å². The molecule has 0 saturated heterocycles. The Hall–Kier alpha value is -0.130. The molecule has 5 heteroatoms. The van der Waals surface area contributed by atoms with Gasteiger partial charge in [-0.25, -0.2) is 4.98 Å². The van der Waals surface area contributed by atoms with Crippen molar-refractivity contribution in [3.8, 4) is 0 Å². The van der Waals surface area contributed by atoms with Gasteiger partial charge in [-0.1, -0.05) is 13.8 Å². The van der Waals surface area contributed by atoms with Crippen LogP contribution in [0, 0.1) is 5.92 Å². The summed E-state index contributed by atoms with van der Waals surface area (Å²) in [4.78, 5) is 4.22. The van der Waals surface area contributed by atoms with E-state index in [0.717, 1.165) is 16.2 Å². The van der Waals surface area contributed by atoms with Crippen LogP contribution in [0.15, 0.2) is 9.98 Å². The molecule has 1 heterocycles. The monoisotopic (exact) mass is 278 g/mol. The van der Waals surface area contributed by atoms with Crippen LogP contribution in [0.4, 0.5) is 5.13 Å². The fourth-order valence-electron chi connectivity index (χ4n) is 1.24. The fourth-order valence-corrected chi connectivity index (χ4v) is 2.47. The van der Waals surface area contributed by atoms with Crippen LogP contribution in [0.2, 0.25) is 0 Å². The van der Waals surface area contributed by atoms with Crippen LogP contribution in [-0.4, -0.2) is 22.7 Å². The number of aliphatic hydroxyl groups excluding tert-OH is 1. The molecule has 3 nitrogen and oxygen atoms in total. The van der Waals surface area contributed by atoms with Gasteiger partial charge in [0.05, 0.1) is 12.6 Å². The summed E-state index contributed by atoms with van der Waals surface area (Å²) >= 11 is 4.83. The summed E-state index contributed by atoms with van der Waals surface area (Å²) in [6.07, 6.45) is 0.952. The maximum atomic E-state index is 9.15. The topological polar surface area (TPSA) is 45.1 Å². The maximum Gasteiger partial charge on any atom is 0.184 e. The third kappa shape index (κ3) is 3.94. The number of nitrogens with zero attached hydrogens (tertiary/aromatic N) is 1. The molecule has 0 bridgehead atoms. The number of hydrogen-bond acceptors (Lipinski definition) is 4. The second-order valence-corrected chi connectivity index (χ2v) is 5.30. The minimum absolute atomic E-state index is 0.105. The standard InChI is InChI=1S/C9H15BrN2OS/c1-6(2)3-7(4-13)11-9-12-8(10)5-14-9/h5-7,13H,3-4H2,1-2H3,(H,11,12). The molecule has 1 aromatic heterocycles. The van der Waals surface area contributed by atoms with Gasteiger partial charge in [0.15, 0.2) is 5.13 Å². The lowest BCUT2D eigenvalue weighted by Crippen LogP contribution is -2.25. The molecule has 80 valence electrons. The molecule has 1 atom stereocenters. The molecule has 1 unspecified atom stereocenters. The van der Waals surface area contributed by atoms with Crippen LogP contribution >= 0.6 is 27.3 Å². The minimum Gasteiger partial charge on any atom is -0.394 e. The highest BCUT2D eigenvalue weighted by molar-refractivity contribution is 9.10. The Labute approximate surface area is 96.7 Å². The molecule has 0 aliphatic carbocycles. The molecule has 0 radical (unpaired) electrons. The highest BCUT2D eigenvalue weighted by atomic mass is 79.9. The minimum atomic E-state index is 0.105. The van der Waals surface area contributed by atoms with Gasteiger partial charge in [0.25, 0.3) is 0 Å². The largest absolute Gasteiger partial charge is 0.394 e. The summed E-state index contributed by atoms with van der Waals surface area (Å²) in [6.45, 7) is 4.43. The van der Waals surface area contributed by atoms with E-state index in [2.05, 4.69) is 40.1 Å². The Bertz CT molecular complexity index is 278. The number of thiazole rings is 1. The van der Waals surface area contributed by atoms with E-state index in [1.54, 1.807) is 11.3 Å². The molecule has 0 amide bonds. The first-order chi connectivity index (χ1) is 6.61. The molecule has 0 aliphatic heterocycles. The lowest BCUT2D eigenvalue weighted by atomic mass is 10.1. The lowest BCUT2D eigenvalue weighted by molar-refractivity contribution is 0.259. The average Bonchev–Trinajstić information content (AvgIpc) is 2.49. The van der Waals surface area contributed by atoms with Crippen molar-refractivity contribution in [2.45, 2.75) is 26.3 Å². The number of aromatic nitrogens is 1. The second-order valence-electron chi connectivity index (χ2n) is 3.63. The van der Waals surface area contributed by atoms with Gasteiger partial charge in [0.2, 0.25) is 0 Å². The lowest BCUT2D eigenvalue weighted by Gasteiger charge is -2.17. The van der Waals surface area contributed by atoms with Crippen LogP contribution in [-0.2, 0) is 0 Å². The van der Waals surface area contributed by atoms with E-state index in [1.165, 1.54) is 0 Å². The molecule has 0 saturated carbocycles. The number of anilines is 1. The number of nitrogens with one attached hydrogen (secondary N) is 1. The van der Waals surface area contributed by atoms with Crippen molar-refractivity contribution >= 4 is 32.4 Å². The Morgan fingerprint density at radius 3 is 2.79 bits per heavy atom. The molecule has 2 N–H and O–H groups in total. The third-order valence-electron chi connectivity index (χ3n) is 1.78. The van der Waals surface area contributed by atoms with Gasteiger partial charge in [-0.05, 0) is 28.3 Å². The Balaban J connectivity index is 2.48. The van der Waals surface area contributed by atoms with Crippen molar-refractivity contribution < 1.29 is 5.11 Å². The first-order valence-corrected chi connectivity index (χ1v) is 6.27. The molecular weight excluding hydrogens is 264 g/mol. The van der Waals surface area contributed by atoms with Gasteiger partial charge in [-0.3, -0.25) is 0 Å². The van der Waals surface area contributed by atoms with Gasteiger partial charge in [0.1, 0.15) is 4.60 Å². The molecule has 1 rings (SSSR count). The van der Waals surface area contributed by atoms with E-state index >= 15 is 0 Å². The fraction of sp³-hybridized carbons (Fsp3) is 0.667. The van der Waals surface area contributed by atoms with E-state index in [4.69, 9.17) is 5.11 Å². The number of halogens is 1. The Morgan fingerprint density at radius 1 is 1.64 bits per heavy atom. The average molecular weight is 279 g/mol. The summed E-state index contributed by atoms with van der Waals surface area (Å²) in [6, 6.07) is 0.105. The van der Waals surface area contributed by atoms with E-state index in [9.17, 15) is 0 Å². The zero-order chi connectivity index (χ0) is 10.6. The number of rotatable bonds is 5. The predicted octanol–water partition coefficient (Wildman–Crippen LogP) is 2.72. The summed E-state index contributed by atoms with van der Waals surface area (Å²) < 4.78 is 0.839. The molecular formula is C9H15BrN2OS. The molecule has 14 heavy (non-hydrogen) atoms. The Morgan fingerprint density at radius 2 is 2.36 bits per heavy atom. The van der Waals surface area contributed by atoms with Gasteiger partial charge in [0, 0.05) is 5.38 Å². The molecule has 1 aromatic rings. The van der Waals surface area contributed by atoms with Crippen LogP contribution in [0.1, 0.15) is 20.3 Å². The summed E-state index contributed by atoms with van der Waals surface area (Å²) in [5, 5.41) is 15.1. The first-order valence-electron chi connectivity index (χ1n) is 4.60. The van der Waals surface area contributed by atoms with Crippen LogP contribution in [0.5, 0.6) is 0 Å². The predicted molar refractivity (Wildman–Crippen MR) is 63.8 cm³/mol. The molecule has 0 aromatic carbocycles. The van der Waals surface area contributed by atoms with Crippen molar-refractivity contribution in [2.75, 3.05) is 11.9 Å². The van der Waals surface area contributed by atoms with E-state index in [0.29, 0.717) is 5.92 Å². The quantitative estimate of drug-likeness (QED) is 0.871. The van der Waals surface area contributed by atoms with Crippen molar-refractivity contribution in [2.24, 2.45) is 5.92 Å². The smallest absolute Gasteiger partial charge is 0.184 e. The van der Waals surface area contributed by atoms with Crippen molar-refractivity contribution in [3.05, 3.63) is 9.98 Å². The second kappa shape index (κ2) is 5.68. The van der Waals surface area contributed by atoms with E-state index in [-0.39, 0.29) is 12.6 Å². The Kier molecular flexibility index (Phi) is 4.84. The van der Waals surface area contributed by atoms with Crippen LogP contribution < -0.4 is 5.32 Å². The van der Waals surface area contributed by atoms with Gasteiger partial charge < -0.3 is 10.4 Å². The van der Waals surface area contributed by atoms with Crippen LogP contribution in [0.3, 0.4) is 0 Å². The molecule has 0 aliphatic rings.